The van der Waals surface area contributed by atoms with Crippen LogP contribution < -0.4 is 4.90 Å². The molecular formula is C13H16N2O4. The maximum atomic E-state index is 11.3. The molecule has 1 N–H and O–H groups in total. The molecule has 0 radical (unpaired) electrons. The second-order valence-corrected chi connectivity index (χ2v) is 4.80. The first-order valence-corrected chi connectivity index (χ1v) is 6.18. The highest BCUT2D eigenvalue weighted by Gasteiger charge is 2.27. The predicted molar refractivity (Wildman–Crippen MR) is 70.5 cm³/mol. The van der Waals surface area contributed by atoms with E-state index in [-0.39, 0.29) is 24.0 Å². The fraction of sp³-hybridized carbons (Fsp3) is 0.462. The standard InChI is InChI=1S/C13H16N2O4/c1-9(17)11-2-3-12(13(6-11)15(18)19)14-5-4-10(7-14)8-16/h2-3,6,10,16H,4-5,7-8H2,1H3. The average Bonchev–Trinajstić information content (AvgIpc) is 2.86. The van der Waals surface area contributed by atoms with E-state index in [9.17, 15) is 14.9 Å². The van der Waals surface area contributed by atoms with Gasteiger partial charge in [-0.3, -0.25) is 14.9 Å². The van der Waals surface area contributed by atoms with Gasteiger partial charge in [0.1, 0.15) is 5.69 Å². The third-order valence-electron chi connectivity index (χ3n) is 3.46. The molecule has 6 heteroatoms. The fourth-order valence-corrected chi connectivity index (χ4v) is 2.36. The van der Waals surface area contributed by atoms with Crippen molar-refractivity contribution in [2.24, 2.45) is 5.92 Å². The van der Waals surface area contributed by atoms with Crippen LogP contribution in [0.5, 0.6) is 0 Å². The predicted octanol–water partition coefficient (Wildman–Crippen LogP) is 1.62. The number of anilines is 1. The van der Waals surface area contributed by atoms with Crippen molar-refractivity contribution in [2.75, 3.05) is 24.6 Å². The van der Waals surface area contributed by atoms with Crippen molar-refractivity contribution in [1.29, 1.82) is 0 Å². The monoisotopic (exact) mass is 264 g/mol. The van der Waals surface area contributed by atoms with E-state index >= 15 is 0 Å². The molecule has 1 aliphatic rings. The molecule has 1 fully saturated rings. The molecule has 1 atom stereocenters. The third-order valence-corrected chi connectivity index (χ3v) is 3.46. The number of aliphatic hydroxyl groups excluding tert-OH is 1. The number of hydrogen-bond donors (Lipinski definition) is 1. The van der Waals surface area contributed by atoms with Crippen LogP contribution in [0.15, 0.2) is 18.2 Å². The van der Waals surface area contributed by atoms with Crippen molar-refractivity contribution in [3.63, 3.8) is 0 Å². The highest BCUT2D eigenvalue weighted by atomic mass is 16.6. The first-order valence-electron chi connectivity index (χ1n) is 6.18. The number of aliphatic hydroxyl groups is 1. The Morgan fingerprint density at radius 2 is 2.32 bits per heavy atom. The maximum absolute atomic E-state index is 11.3. The molecule has 1 aromatic rings. The molecule has 0 spiro atoms. The lowest BCUT2D eigenvalue weighted by Gasteiger charge is -2.18. The van der Waals surface area contributed by atoms with Crippen LogP contribution in [0.2, 0.25) is 0 Å². The Hall–Kier alpha value is -1.95. The minimum absolute atomic E-state index is 0.0497. The zero-order chi connectivity index (χ0) is 14.0. The van der Waals surface area contributed by atoms with Crippen molar-refractivity contribution < 1.29 is 14.8 Å². The molecule has 1 saturated heterocycles. The van der Waals surface area contributed by atoms with Crippen molar-refractivity contribution in [1.82, 2.24) is 0 Å². The van der Waals surface area contributed by atoms with E-state index in [0.717, 1.165) is 6.42 Å². The van der Waals surface area contributed by atoms with Gasteiger partial charge in [0, 0.05) is 37.2 Å². The first kappa shape index (κ1) is 13.5. The Morgan fingerprint density at radius 3 is 2.84 bits per heavy atom. The molecule has 0 bridgehead atoms. The van der Waals surface area contributed by atoms with Crippen LogP contribution in [0.1, 0.15) is 23.7 Å². The van der Waals surface area contributed by atoms with Gasteiger partial charge in [0.25, 0.3) is 5.69 Å². The first-order chi connectivity index (χ1) is 9.02. The average molecular weight is 264 g/mol. The minimum Gasteiger partial charge on any atom is -0.396 e. The maximum Gasteiger partial charge on any atom is 0.293 e. The molecule has 102 valence electrons. The number of benzene rings is 1. The van der Waals surface area contributed by atoms with Gasteiger partial charge < -0.3 is 10.0 Å². The van der Waals surface area contributed by atoms with Gasteiger partial charge in [0.2, 0.25) is 0 Å². The second-order valence-electron chi connectivity index (χ2n) is 4.80. The van der Waals surface area contributed by atoms with E-state index in [4.69, 9.17) is 5.11 Å². The molecule has 1 aliphatic heterocycles. The highest BCUT2D eigenvalue weighted by Crippen LogP contribution is 2.33. The molecule has 0 aliphatic carbocycles. The molecule has 1 aromatic carbocycles. The van der Waals surface area contributed by atoms with Gasteiger partial charge >= 0.3 is 0 Å². The molecular weight excluding hydrogens is 248 g/mol. The van der Waals surface area contributed by atoms with Crippen LogP contribution in [-0.4, -0.2) is 35.5 Å². The van der Waals surface area contributed by atoms with Crippen LogP contribution in [0.3, 0.4) is 0 Å². The van der Waals surface area contributed by atoms with Gasteiger partial charge in [0.15, 0.2) is 5.78 Å². The topological polar surface area (TPSA) is 83.7 Å². The summed E-state index contributed by atoms with van der Waals surface area (Å²) in [5.74, 6) is -0.0311. The lowest BCUT2D eigenvalue weighted by Crippen LogP contribution is -2.21. The number of nitro benzene ring substituents is 1. The van der Waals surface area contributed by atoms with E-state index in [0.29, 0.717) is 24.3 Å². The second kappa shape index (κ2) is 5.36. The molecule has 0 amide bonds. The van der Waals surface area contributed by atoms with Crippen molar-refractivity contribution >= 4 is 17.2 Å². The van der Waals surface area contributed by atoms with Crippen LogP contribution in [-0.2, 0) is 0 Å². The Labute approximate surface area is 110 Å². The molecule has 2 rings (SSSR count). The molecule has 6 nitrogen and oxygen atoms in total. The lowest BCUT2D eigenvalue weighted by atomic mass is 10.1. The Balaban J connectivity index is 2.35. The van der Waals surface area contributed by atoms with Crippen LogP contribution in [0, 0.1) is 16.0 Å². The summed E-state index contributed by atoms with van der Waals surface area (Å²) < 4.78 is 0. The molecule has 1 unspecified atom stereocenters. The van der Waals surface area contributed by atoms with Gasteiger partial charge in [-0.25, -0.2) is 0 Å². The number of carbonyl (C=O) groups is 1. The van der Waals surface area contributed by atoms with Gasteiger partial charge in [-0.2, -0.15) is 0 Å². The number of nitro groups is 1. The summed E-state index contributed by atoms with van der Waals surface area (Å²) in [6.07, 6.45) is 0.822. The number of rotatable bonds is 4. The summed E-state index contributed by atoms with van der Waals surface area (Å²) >= 11 is 0. The van der Waals surface area contributed by atoms with Crippen LogP contribution in [0.4, 0.5) is 11.4 Å². The van der Waals surface area contributed by atoms with Crippen molar-refractivity contribution in [3.05, 3.63) is 33.9 Å². The van der Waals surface area contributed by atoms with Crippen LogP contribution in [0.25, 0.3) is 0 Å². The summed E-state index contributed by atoms with van der Waals surface area (Å²) in [4.78, 5) is 23.8. The molecule has 1 heterocycles. The van der Waals surface area contributed by atoms with Crippen molar-refractivity contribution in [2.45, 2.75) is 13.3 Å². The van der Waals surface area contributed by atoms with Crippen LogP contribution >= 0.6 is 0 Å². The largest absolute Gasteiger partial charge is 0.396 e. The molecule has 19 heavy (non-hydrogen) atoms. The Bertz CT molecular complexity index is 515. The van der Waals surface area contributed by atoms with Gasteiger partial charge in [-0.15, -0.1) is 0 Å². The normalized spacial score (nSPS) is 18.6. The van der Waals surface area contributed by atoms with Gasteiger partial charge in [-0.1, -0.05) is 0 Å². The number of Topliss-reactive ketones (excluding diaryl/α,β-unsaturated/α-hetero) is 1. The number of nitrogens with zero attached hydrogens (tertiary/aromatic N) is 2. The zero-order valence-electron chi connectivity index (χ0n) is 10.7. The van der Waals surface area contributed by atoms with E-state index in [1.165, 1.54) is 13.0 Å². The smallest absolute Gasteiger partial charge is 0.293 e. The van der Waals surface area contributed by atoms with E-state index in [1.54, 1.807) is 12.1 Å². The quantitative estimate of drug-likeness (QED) is 0.507. The SMILES string of the molecule is CC(=O)c1ccc(N2CCC(CO)C2)c([N+](=O)[O-])c1. The summed E-state index contributed by atoms with van der Waals surface area (Å²) in [6.45, 7) is 2.77. The van der Waals surface area contributed by atoms with E-state index in [2.05, 4.69) is 0 Å². The lowest BCUT2D eigenvalue weighted by molar-refractivity contribution is -0.384. The Morgan fingerprint density at radius 1 is 1.58 bits per heavy atom. The van der Waals surface area contributed by atoms with Crippen molar-refractivity contribution in [3.8, 4) is 0 Å². The summed E-state index contributed by atoms with van der Waals surface area (Å²) in [6, 6.07) is 4.55. The Kier molecular flexibility index (Phi) is 3.80. The number of carbonyl (C=O) groups excluding carboxylic acids is 1. The number of hydrogen-bond acceptors (Lipinski definition) is 5. The highest BCUT2D eigenvalue weighted by molar-refractivity contribution is 5.95. The third kappa shape index (κ3) is 2.73. The number of ketones is 1. The minimum atomic E-state index is -0.464. The summed E-state index contributed by atoms with van der Waals surface area (Å²) in [5.41, 5.74) is 0.811. The fourth-order valence-electron chi connectivity index (χ4n) is 2.36. The van der Waals surface area contributed by atoms with E-state index < -0.39 is 4.92 Å². The van der Waals surface area contributed by atoms with Gasteiger partial charge in [0.05, 0.1) is 4.92 Å². The van der Waals surface area contributed by atoms with Gasteiger partial charge in [-0.05, 0) is 25.5 Å². The summed E-state index contributed by atoms with van der Waals surface area (Å²) in [7, 11) is 0. The zero-order valence-corrected chi connectivity index (χ0v) is 10.7. The molecule has 0 saturated carbocycles. The summed E-state index contributed by atoms with van der Waals surface area (Å²) in [5, 5.41) is 20.2. The van der Waals surface area contributed by atoms with E-state index in [1.807, 2.05) is 4.90 Å². The molecule has 0 aromatic heterocycles.